The number of aliphatic hydroxyl groups excluding tert-OH is 1. The minimum Gasteiger partial charge on any atom is -0.388 e. The second-order valence-corrected chi connectivity index (χ2v) is 41.9. The van der Waals surface area contributed by atoms with Gasteiger partial charge >= 0.3 is 0 Å². The number of carbonyl (C=O) groups excluding carboxylic acids is 1. The molecule has 0 radical (unpaired) electrons. The first-order valence-electron chi connectivity index (χ1n) is 43.7. The summed E-state index contributed by atoms with van der Waals surface area (Å²) in [5, 5.41) is 19.8. The number of allylic oxidation sites excluding steroid dienone is 13. The van der Waals surface area contributed by atoms with Gasteiger partial charge in [-0.25, -0.2) is 0 Å². The monoisotopic (exact) mass is 1550 g/mol. The lowest BCUT2D eigenvalue weighted by molar-refractivity contribution is -0.243. The number of ether oxygens (including phenoxy) is 6. The van der Waals surface area contributed by atoms with Gasteiger partial charge in [0.1, 0.15) is 0 Å². The summed E-state index contributed by atoms with van der Waals surface area (Å²) in [5.74, 6) is 7.79. The zero-order valence-electron chi connectivity index (χ0n) is 80.3. The van der Waals surface area contributed by atoms with Crippen LogP contribution in [0.4, 0.5) is 0 Å². The fourth-order valence-electron chi connectivity index (χ4n) is 13.0. The first-order valence-corrected chi connectivity index (χ1v) is 43.7. The molecule has 6 heterocycles. The van der Waals surface area contributed by atoms with Crippen LogP contribution in [-0.2, 0) is 33.2 Å². The van der Waals surface area contributed by atoms with Crippen LogP contribution in [0.15, 0.2) is 133 Å². The first kappa shape index (κ1) is 110. The average Bonchev–Trinajstić information content (AvgIpc) is 1.55. The molecule has 9 nitrogen and oxygen atoms in total. The third-order valence-electron chi connectivity index (χ3n) is 21.5. The molecule has 9 heteroatoms. The van der Waals surface area contributed by atoms with Crippen LogP contribution in [0.25, 0.3) is 0 Å². The number of carbonyl (C=O) groups is 1. The Morgan fingerprint density at radius 1 is 0.459 bits per heavy atom. The molecule has 1 aliphatic carbocycles. The van der Waals surface area contributed by atoms with E-state index in [0.717, 1.165) is 86.9 Å². The largest absolute Gasteiger partial charge is 0.388 e. The fourth-order valence-corrected chi connectivity index (χ4v) is 13.0. The Balaban J connectivity index is 0. The van der Waals surface area contributed by atoms with E-state index in [-0.39, 0.29) is 68.2 Å². The summed E-state index contributed by atoms with van der Waals surface area (Å²) in [7, 11) is 0. The summed E-state index contributed by atoms with van der Waals surface area (Å²) in [6.45, 7) is 93.9. The van der Waals surface area contributed by atoms with E-state index in [0.29, 0.717) is 58.7 Å². The third kappa shape index (κ3) is 49.4. The Labute approximate surface area is 689 Å². The summed E-state index contributed by atoms with van der Waals surface area (Å²) < 4.78 is 36.0. The molecule has 0 spiro atoms. The normalized spacial score (nSPS) is 30.5. The highest BCUT2D eigenvalue weighted by molar-refractivity contribution is 5.87. The van der Waals surface area contributed by atoms with E-state index in [1.807, 2.05) is 74.5 Å². The number of ketones is 1. The highest BCUT2D eigenvalue weighted by Crippen LogP contribution is 2.62. The number of aliphatic hydroxyl groups is 2. The minimum atomic E-state index is -0.733. The summed E-state index contributed by atoms with van der Waals surface area (Å²) >= 11 is 0. The lowest BCUT2D eigenvalue weighted by atomic mass is 9.79. The fraction of sp³-hybridized carbons (Fsp3) is 0.775. The Morgan fingerprint density at radius 3 is 1.16 bits per heavy atom. The molecule has 7 fully saturated rings. The maximum atomic E-state index is 10.3. The van der Waals surface area contributed by atoms with Crippen molar-refractivity contribution >= 4 is 5.78 Å². The van der Waals surface area contributed by atoms with Crippen molar-refractivity contribution in [2.45, 2.75) is 423 Å². The van der Waals surface area contributed by atoms with Crippen molar-refractivity contribution in [2.75, 3.05) is 6.61 Å². The van der Waals surface area contributed by atoms with Gasteiger partial charge in [0.05, 0.1) is 69.2 Å². The van der Waals surface area contributed by atoms with Gasteiger partial charge in [-0.2, -0.15) is 0 Å². The van der Waals surface area contributed by atoms with Gasteiger partial charge in [0.15, 0.2) is 12.1 Å². The van der Waals surface area contributed by atoms with Crippen LogP contribution in [0.5, 0.6) is 0 Å². The van der Waals surface area contributed by atoms with Gasteiger partial charge in [-0.1, -0.05) is 286 Å². The van der Waals surface area contributed by atoms with E-state index in [9.17, 15) is 15.0 Å². The Bertz CT molecular complexity index is 2890. The molecule has 6 saturated heterocycles. The molecule has 0 aromatic heterocycles. The smallest absolute Gasteiger partial charge is 0.160 e. The van der Waals surface area contributed by atoms with Crippen LogP contribution < -0.4 is 0 Å². The van der Waals surface area contributed by atoms with Crippen molar-refractivity contribution < 1.29 is 43.4 Å². The molecular formula is C102H184O9. The Hall–Kier alpha value is -3.51. The van der Waals surface area contributed by atoms with Crippen LogP contribution >= 0.6 is 0 Å². The van der Waals surface area contributed by atoms with E-state index < -0.39 is 11.9 Å². The molecular weight excluding hydrogens is 1370 g/mol. The second kappa shape index (κ2) is 49.0. The molecule has 2 N–H and O–H groups in total. The van der Waals surface area contributed by atoms with Gasteiger partial charge in [-0.15, -0.1) is 0 Å². The molecule has 12 atom stereocenters. The molecule has 12 unspecified atom stereocenters. The van der Waals surface area contributed by atoms with Crippen LogP contribution in [0, 0.1) is 81.8 Å². The van der Waals surface area contributed by atoms with Gasteiger partial charge in [-0.05, 0) is 277 Å². The van der Waals surface area contributed by atoms with E-state index in [1.165, 1.54) is 31.3 Å². The summed E-state index contributed by atoms with van der Waals surface area (Å²) in [5.41, 5.74) is 2.72. The van der Waals surface area contributed by atoms with Crippen molar-refractivity contribution in [2.24, 2.45) is 81.8 Å². The molecule has 7 rings (SSSR count). The van der Waals surface area contributed by atoms with Gasteiger partial charge in [0.25, 0.3) is 0 Å². The number of hydrogen-bond acceptors (Lipinski definition) is 9. The first-order chi connectivity index (χ1) is 50.2. The molecule has 646 valence electrons. The zero-order valence-corrected chi connectivity index (χ0v) is 80.3. The molecule has 0 aromatic rings. The van der Waals surface area contributed by atoms with Crippen LogP contribution in [-0.4, -0.2) is 91.5 Å². The standard InChI is InChI=1S/C14H26O.2C13H24O2.2C13H22O.C13H24O.C8H16.C8H14.C7H12O/c1-11(2)7-9-14(6)10-8-12(3)13(4,5)15-14;1-10(2)6-8-13(5)9-7-11(15-13)12(3,4)14;1-10(2)6-7-13(5)9-8-12(3,4)11(14)15-13;1-9(2)6-7-13(5)11-8-10(11)12(3,4)14-13;1-10(2)6-8-13(5)9-7-12(14-13)11(3)4;1-11(2)6-7-13(5)9-8-12(3,4)10-14-13;2*1-7(2)5-6-8(3)4;1-6(2)4-5-7(3)8/h7,9,11-12H,8,10H2,1-6H3;6,8,10-11,14H,7,9H2,1-5H3;6-7,10-11,14H,8-9H2,1-5H3;6-7,9-11H,8H2,1-5H3;6,8,10,12H,3,7,9H2,1-2,4-5H3;6-7,11H,8-10H2,1-5H3;5,8H,6H2,1-4H3;5-6,8H,1H2,2-4H3;4-6H,1-3H3/b9-7+;8-6+;2*7-6+;8-6+;7-6+;;6-5+;5-4+. The van der Waals surface area contributed by atoms with E-state index in [2.05, 4.69) is 306 Å². The van der Waals surface area contributed by atoms with Gasteiger partial charge < -0.3 is 38.6 Å². The number of fused-ring (bicyclic) bond motifs is 1. The van der Waals surface area contributed by atoms with E-state index in [1.54, 1.807) is 13.0 Å². The number of rotatable bonds is 20. The van der Waals surface area contributed by atoms with Crippen molar-refractivity contribution in [3.05, 3.63) is 133 Å². The molecule has 0 amide bonds. The molecule has 7 aliphatic rings. The topological polar surface area (TPSA) is 113 Å². The molecule has 0 aromatic carbocycles. The SMILES string of the molecule is C=C(C)/C=C/C(C)C.C=C(C)C1CCC(C)(/C=C/C(C)C)O1.CC(=O)/C=C/C(C)C.CC(C)/C=C/C1(C)CCC(C(C)(C)O)O1.CC(C)/C=C/C1(C)CCC(C)(C)C(O)O1.CC(C)/C=C/C1(C)CCC(C)(C)CO1.CC(C)/C=C/C1(C)CCC(C)C(C)(C)O1.CC(C)/C=C/C1(C)OC(C)(C)C2CC21.CC(C)=CCC(C)C. The van der Waals surface area contributed by atoms with Crippen molar-refractivity contribution in [1.29, 1.82) is 0 Å². The minimum absolute atomic E-state index is 0.00825. The molecule has 6 aliphatic heterocycles. The van der Waals surface area contributed by atoms with Crippen LogP contribution in [0.2, 0.25) is 0 Å². The quantitative estimate of drug-likeness (QED) is 0.0699. The molecule has 0 bridgehead atoms. The highest BCUT2D eigenvalue weighted by Gasteiger charge is 2.64. The predicted octanol–water partition coefficient (Wildman–Crippen LogP) is 28.7. The molecule has 1 saturated carbocycles. The van der Waals surface area contributed by atoms with Gasteiger partial charge in [0, 0.05) is 5.41 Å². The Morgan fingerprint density at radius 2 is 0.856 bits per heavy atom. The lowest BCUT2D eigenvalue weighted by Gasteiger charge is -2.46. The summed E-state index contributed by atoms with van der Waals surface area (Å²) in [4.78, 5) is 10.3. The van der Waals surface area contributed by atoms with Crippen molar-refractivity contribution in [3.8, 4) is 0 Å². The van der Waals surface area contributed by atoms with Crippen molar-refractivity contribution in [1.82, 2.24) is 0 Å². The summed E-state index contributed by atoms with van der Waals surface area (Å²) in [6, 6.07) is 0. The van der Waals surface area contributed by atoms with E-state index >= 15 is 0 Å². The van der Waals surface area contributed by atoms with E-state index in [4.69, 9.17) is 28.4 Å². The highest BCUT2D eigenvalue weighted by atomic mass is 16.6. The van der Waals surface area contributed by atoms with Crippen LogP contribution in [0.3, 0.4) is 0 Å². The zero-order chi connectivity index (χ0) is 86.9. The maximum Gasteiger partial charge on any atom is 0.160 e. The van der Waals surface area contributed by atoms with Gasteiger partial charge in [-0.3, -0.25) is 4.79 Å². The third-order valence-corrected chi connectivity index (χ3v) is 21.5. The summed E-state index contributed by atoms with van der Waals surface area (Å²) in [6.07, 6.45) is 49.5. The molecule has 111 heavy (non-hydrogen) atoms. The predicted molar refractivity (Wildman–Crippen MR) is 485 cm³/mol. The lowest BCUT2D eigenvalue weighted by Crippen LogP contribution is -2.47. The van der Waals surface area contributed by atoms with Crippen molar-refractivity contribution in [3.63, 3.8) is 0 Å². The maximum absolute atomic E-state index is 10.3. The van der Waals surface area contributed by atoms with Gasteiger partial charge in [0.2, 0.25) is 0 Å². The van der Waals surface area contributed by atoms with Crippen LogP contribution in [0.1, 0.15) is 354 Å². The average molecular weight is 1550 g/mol. The number of hydrogen-bond donors (Lipinski definition) is 2. The second-order valence-electron chi connectivity index (χ2n) is 41.9. The Kier molecular flexibility index (Phi) is 48.4.